The fraction of sp³-hybridized carbons (Fsp3) is 0.600. The summed E-state index contributed by atoms with van der Waals surface area (Å²) >= 11 is 0. The van der Waals surface area contributed by atoms with Crippen molar-refractivity contribution in [2.24, 2.45) is 10.9 Å². The predicted octanol–water partition coefficient (Wildman–Crippen LogP) is 2.70. The molecule has 1 amide bonds. The Morgan fingerprint density at radius 2 is 1.89 bits per heavy atom. The smallest absolute Gasteiger partial charge is 0.251 e. The van der Waals surface area contributed by atoms with E-state index in [1.807, 2.05) is 43.3 Å². The van der Waals surface area contributed by atoms with Crippen LogP contribution in [0.2, 0.25) is 0 Å². The molecule has 7 heteroatoms. The standard InChI is InChI=1S/C20H35N5O.HI/c1-7-21-20(24-16(4)15(2)3)23-14-17-9-8-10-18(13-17)19(26)22-11-12-25(5)6;/h8-10,13,15-16H,7,11-12,14H2,1-6H3,(H,22,26)(H2,21,23,24);1H. The third kappa shape index (κ3) is 10.5. The number of nitrogens with one attached hydrogen (secondary N) is 3. The number of aliphatic imine (C=N–C) groups is 1. The summed E-state index contributed by atoms with van der Waals surface area (Å²) in [5.41, 5.74) is 1.68. The third-order valence-electron chi connectivity index (χ3n) is 4.16. The van der Waals surface area contributed by atoms with E-state index in [0.29, 0.717) is 30.6 Å². The van der Waals surface area contributed by atoms with E-state index in [4.69, 9.17) is 0 Å². The molecule has 0 aliphatic rings. The molecule has 0 aromatic heterocycles. The summed E-state index contributed by atoms with van der Waals surface area (Å²) in [7, 11) is 3.97. The monoisotopic (exact) mass is 489 g/mol. The Hall–Kier alpha value is -1.35. The predicted molar refractivity (Wildman–Crippen MR) is 125 cm³/mol. The first kappa shape index (κ1) is 25.6. The molecule has 154 valence electrons. The number of likely N-dealkylation sites (N-methyl/N-ethyl adjacent to an activating group) is 1. The summed E-state index contributed by atoms with van der Waals surface area (Å²) in [5, 5.41) is 9.63. The maximum atomic E-state index is 12.2. The minimum atomic E-state index is -0.0452. The van der Waals surface area contributed by atoms with Crippen LogP contribution < -0.4 is 16.0 Å². The number of nitrogens with zero attached hydrogens (tertiary/aromatic N) is 2. The van der Waals surface area contributed by atoms with Crippen molar-refractivity contribution in [1.82, 2.24) is 20.9 Å². The maximum absolute atomic E-state index is 12.2. The van der Waals surface area contributed by atoms with E-state index in [1.54, 1.807) is 0 Å². The first-order valence-electron chi connectivity index (χ1n) is 9.40. The Balaban J connectivity index is 0.00000676. The van der Waals surface area contributed by atoms with Crippen molar-refractivity contribution in [3.8, 4) is 0 Å². The molecule has 0 aliphatic heterocycles. The number of benzene rings is 1. The molecule has 3 N–H and O–H groups in total. The summed E-state index contributed by atoms with van der Waals surface area (Å²) in [6.45, 7) is 11.4. The van der Waals surface area contributed by atoms with Gasteiger partial charge in [-0.2, -0.15) is 0 Å². The normalized spacial score (nSPS) is 12.5. The highest BCUT2D eigenvalue weighted by Crippen LogP contribution is 2.07. The Labute approximate surface area is 181 Å². The Morgan fingerprint density at radius 1 is 1.19 bits per heavy atom. The van der Waals surface area contributed by atoms with E-state index in [-0.39, 0.29) is 29.9 Å². The Morgan fingerprint density at radius 3 is 2.48 bits per heavy atom. The van der Waals surface area contributed by atoms with Crippen molar-refractivity contribution in [1.29, 1.82) is 0 Å². The number of carbonyl (C=O) groups excluding carboxylic acids is 1. The van der Waals surface area contributed by atoms with Gasteiger partial charge in [-0.1, -0.05) is 26.0 Å². The van der Waals surface area contributed by atoms with E-state index < -0.39 is 0 Å². The van der Waals surface area contributed by atoms with Gasteiger partial charge < -0.3 is 20.9 Å². The molecule has 1 unspecified atom stereocenters. The lowest BCUT2D eigenvalue weighted by molar-refractivity contribution is 0.0951. The maximum Gasteiger partial charge on any atom is 0.251 e. The third-order valence-corrected chi connectivity index (χ3v) is 4.16. The summed E-state index contributed by atoms with van der Waals surface area (Å²) < 4.78 is 0. The molecule has 27 heavy (non-hydrogen) atoms. The molecule has 0 spiro atoms. The van der Waals surface area contributed by atoms with Crippen LogP contribution in [0.15, 0.2) is 29.3 Å². The van der Waals surface area contributed by atoms with E-state index in [9.17, 15) is 4.79 Å². The molecule has 0 radical (unpaired) electrons. The van der Waals surface area contributed by atoms with Crippen LogP contribution in [0.3, 0.4) is 0 Å². The van der Waals surface area contributed by atoms with Gasteiger partial charge in [-0.05, 0) is 51.6 Å². The average Bonchev–Trinajstić information content (AvgIpc) is 2.59. The van der Waals surface area contributed by atoms with Gasteiger partial charge in [0.2, 0.25) is 0 Å². The first-order chi connectivity index (χ1) is 12.3. The summed E-state index contributed by atoms with van der Waals surface area (Å²) in [6, 6.07) is 7.98. The van der Waals surface area contributed by atoms with Crippen molar-refractivity contribution >= 4 is 35.8 Å². The molecule has 1 aromatic rings. The van der Waals surface area contributed by atoms with Crippen molar-refractivity contribution in [2.45, 2.75) is 40.3 Å². The van der Waals surface area contributed by atoms with Crippen LogP contribution in [0, 0.1) is 5.92 Å². The molecule has 6 nitrogen and oxygen atoms in total. The largest absolute Gasteiger partial charge is 0.357 e. The fourth-order valence-electron chi connectivity index (χ4n) is 2.18. The second kappa shape index (κ2) is 13.8. The van der Waals surface area contributed by atoms with Gasteiger partial charge in [0.25, 0.3) is 5.91 Å². The van der Waals surface area contributed by atoms with Crippen molar-refractivity contribution < 1.29 is 4.79 Å². The number of hydrogen-bond acceptors (Lipinski definition) is 3. The van der Waals surface area contributed by atoms with Gasteiger partial charge >= 0.3 is 0 Å². The van der Waals surface area contributed by atoms with Crippen molar-refractivity contribution in [2.75, 3.05) is 33.7 Å². The first-order valence-corrected chi connectivity index (χ1v) is 9.40. The van der Waals surface area contributed by atoms with Gasteiger partial charge in [-0.15, -0.1) is 24.0 Å². The zero-order valence-electron chi connectivity index (χ0n) is 17.5. The lowest BCUT2D eigenvalue weighted by Gasteiger charge is -2.20. The van der Waals surface area contributed by atoms with Gasteiger partial charge in [0, 0.05) is 31.2 Å². The lowest BCUT2D eigenvalue weighted by atomic mass is 10.1. The van der Waals surface area contributed by atoms with Gasteiger partial charge in [0.15, 0.2) is 5.96 Å². The topological polar surface area (TPSA) is 68.8 Å². The molecule has 0 saturated heterocycles. The molecule has 0 aliphatic carbocycles. The molecule has 1 atom stereocenters. The second-order valence-electron chi connectivity index (χ2n) is 7.13. The number of amides is 1. The molecule has 0 fully saturated rings. The van der Waals surface area contributed by atoms with Crippen LogP contribution in [0.1, 0.15) is 43.6 Å². The summed E-state index contributed by atoms with van der Waals surface area (Å²) in [6.07, 6.45) is 0. The molecular weight excluding hydrogens is 453 g/mol. The minimum Gasteiger partial charge on any atom is -0.357 e. The zero-order valence-corrected chi connectivity index (χ0v) is 19.8. The fourth-order valence-corrected chi connectivity index (χ4v) is 2.18. The average molecular weight is 489 g/mol. The highest BCUT2D eigenvalue weighted by atomic mass is 127. The van der Waals surface area contributed by atoms with Gasteiger partial charge in [-0.25, -0.2) is 4.99 Å². The van der Waals surface area contributed by atoms with Crippen molar-refractivity contribution in [3.05, 3.63) is 35.4 Å². The number of halogens is 1. The number of guanidine groups is 1. The molecular formula is C20H36IN5O. The van der Waals surface area contributed by atoms with E-state index in [2.05, 4.69) is 48.6 Å². The van der Waals surface area contributed by atoms with Crippen LogP contribution in [0.4, 0.5) is 0 Å². The van der Waals surface area contributed by atoms with Crippen LogP contribution in [-0.2, 0) is 6.54 Å². The quantitative estimate of drug-likeness (QED) is 0.284. The number of hydrogen-bond donors (Lipinski definition) is 3. The van der Waals surface area contributed by atoms with Gasteiger partial charge in [-0.3, -0.25) is 4.79 Å². The SMILES string of the molecule is CCNC(=NCc1cccc(C(=O)NCCN(C)C)c1)NC(C)C(C)C.I. The second-order valence-corrected chi connectivity index (χ2v) is 7.13. The van der Waals surface area contributed by atoms with Gasteiger partial charge in [0.1, 0.15) is 0 Å². The number of carbonyl (C=O) groups is 1. The molecule has 0 saturated carbocycles. The van der Waals surface area contributed by atoms with Gasteiger partial charge in [0.05, 0.1) is 6.54 Å². The lowest BCUT2D eigenvalue weighted by Crippen LogP contribution is -2.44. The highest BCUT2D eigenvalue weighted by Gasteiger charge is 2.09. The number of rotatable bonds is 9. The Bertz CT molecular complexity index is 589. The van der Waals surface area contributed by atoms with E-state index >= 15 is 0 Å². The van der Waals surface area contributed by atoms with Crippen LogP contribution in [0.5, 0.6) is 0 Å². The molecule has 0 heterocycles. The molecule has 1 rings (SSSR count). The van der Waals surface area contributed by atoms with Crippen molar-refractivity contribution in [3.63, 3.8) is 0 Å². The molecule has 1 aromatic carbocycles. The highest BCUT2D eigenvalue weighted by molar-refractivity contribution is 14.0. The summed E-state index contributed by atoms with van der Waals surface area (Å²) in [5.74, 6) is 1.28. The van der Waals surface area contributed by atoms with Crippen LogP contribution >= 0.6 is 24.0 Å². The summed E-state index contributed by atoms with van der Waals surface area (Å²) in [4.78, 5) is 18.9. The van der Waals surface area contributed by atoms with Crippen LogP contribution in [0.25, 0.3) is 0 Å². The van der Waals surface area contributed by atoms with E-state index in [1.165, 1.54) is 0 Å². The molecule has 0 bridgehead atoms. The minimum absolute atomic E-state index is 0. The van der Waals surface area contributed by atoms with Crippen LogP contribution in [-0.4, -0.2) is 56.5 Å². The zero-order chi connectivity index (χ0) is 19.5. The Kier molecular flexibility index (Phi) is 13.1. The van der Waals surface area contributed by atoms with E-state index in [0.717, 1.165) is 24.6 Å².